The Morgan fingerprint density at radius 3 is 2.59 bits per heavy atom. The molecule has 1 saturated heterocycles. The lowest BCUT2D eigenvalue weighted by atomic mass is 9.85. The van der Waals surface area contributed by atoms with Gasteiger partial charge in [-0.2, -0.15) is 0 Å². The number of phosphoric ester groups is 1. The maximum Gasteiger partial charge on any atom is 0.524 e. The van der Waals surface area contributed by atoms with Crippen molar-refractivity contribution in [1.29, 1.82) is 0 Å². The molecule has 0 spiro atoms. The number of phosphoric acid groups is 1. The number of fused-ring (bicyclic) bond motifs is 1. The number of aromatic hydroxyl groups is 1. The maximum absolute atomic E-state index is 12.9. The van der Waals surface area contributed by atoms with Gasteiger partial charge in [0, 0.05) is 35.7 Å². The highest BCUT2D eigenvalue weighted by Gasteiger charge is 2.35. The molecular formula is C21H23ClNO8P. The van der Waals surface area contributed by atoms with Gasteiger partial charge in [-0.3, -0.25) is 14.6 Å². The second-order valence-corrected chi connectivity index (χ2v) is 9.03. The molecule has 32 heavy (non-hydrogen) atoms. The minimum absolute atomic E-state index is 0.00111. The molecule has 0 radical (unpaired) electrons. The van der Waals surface area contributed by atoms with Crippen LogP contribution in [0.1, 0.15) is 23.7 Å². The summed E-state index contributed by atoms with van der Waals surface area (Å²) in [4.78, 5) is 33.6. The zero-order chi connectivity index (χ0) is 23.8. The lowest BCUT2D eigenvalue weighted by Crippen LogP contribution is -2.40. The van der Waals surface area contributed by atoms with Gasteiger partial charge in [0.2, 0.25) is 0 Å². The summed E-state index contributed by atoms with van der Waals surface area (Å²) >= 11 is 6.15. The second kappa shape index (κ2) is 9.23. The highest BCUT2D eigenvalue weighted by atomic mass is 35.5. The molecule has 1 aromatic heterocycles. The lowest BCUT2D eigenvalue weighted by molar-refractivity contribution is 0.0632. The zero-order valence-corrected chi connectivity index (χ0v) is 18.8. The van der Waals surface area contributed by atoms with E-state index in [0.29, 0.717) is 13.0 Å². The Labute approximate surface area is 188 Å². The van der Waals surface area contributed by atoms with Gasteiger partial charge in [0.25, 0.3) is 0 Å². The van der Waals surface area contributed by atoms with Crippen LogP contribution in [0.5, 0.6) is 11.5 Å². The number of likely N-dealkylation sites (N-methyl/N-ethyl adjacent to an activating group) is 1. The number of likely N-dealkylation sites (tertiary alicyclic amines) is 1. The lowest BCUT2D eigenvalue weighted by Gasteiger charge is -2.34. The van der Waals surface area contributed by atoms with Crippen molar-refractivity contribution in [2.75, 3.05) is 20.1 Å². The summed E-state index contributed by atoms with van der Waals surface area (Å²) in [5.41, 5.74) is -0.481. The van der Waals surface area contributed by atoms with Crippen LogP contribution in [0.15, 0.2) is 51.7 Å². The Balaban J connectivity index is 2.42. The van der Waals surface area contributed by atoms with Gasteiger partial charge >= 0.3 is 7.82 Å². The van der Waals surface area contributed by atoms with Crippen molar-refractivity contribution in [3.63, 3.8) is 0 Å². The summed E-state index contributed by atoms with van der Waals surface area (Å²) < 4.78 is 22.4. The Kier molecular flexibility index (Phi) is 7.00. The molecule has 2 atom stereocenters. The molecule has 9 nitrogen and oxygen atoms in total. The fourth-order valence-electron chi connectivity index (χ4n) is 3.85. The van der Waals surface area contributed by atoms with E-state index in [9.17, 15) is 29.4 Å². The van der Waals surface area contributed by atoms with Crippen LogP contribution in [-0.4, -0.2) is 51.1 Å². The van der Waals surface area contributed by atoms with Crippen molar-refractivity contribution < 1.29 is 33.5 Å². The van der Waals surface area contributed by atoms with E-state index >= 15 is 0 Å². The topological polar surface area (TPSA) is 141 Å². The smallest absolute Gasteiger partial charge is 0.507 e. The van der Waals surface area contributed by atoms with Crippen LogP contribution in [0, 0.1) is 0 Å². The molecule has 0 aliphatic carbocycles. The van der Waals surface area contributed by atoms with Gasteiger partial charge in [-0.05, 0) is 26.1 Å². The first-order valence-corrected chi connectivity index (χ1v) is 11.5. The summed E-state index contributed by atoms with van der Waals surface area (Å²) in [6.07, 6.45) is 2.10. The molecule has 0 bridgehead atoms. The molecular weight excluding hydrogens is 461 g/mol. The van der Waals surface area contributed by atoms with Gasteiger partial charge in [0.05, 0.1) is 11.1 Å². The van der Waals surface area contributed by atoms with Crippen LogP contribution in [0.2, 0.25) is 0 Å². The number of halogens is 1. The number of piperidine rings is 1. The highest BCUT2D eigenvalue weighted by Crippen LogP contribution is 2.48. The molecule has 1 fully saturated rings. The van der Waals surface area contributed by atoms with Gasteiger partial charge in [-0.1, -0.05) is 30.8 Å². The van der Waals surface area contributed by atoms with E-state index in [1.807, 2.05) is 11.9 Å². The molecule has 1 aliphatic rings. The number of aliphatic hydroxyl groups is 1. The Hall–Kier alpha value is -2.39. The van der Waals surface area contributed by atoms with Crippen LogP contribution in [0.25, 0.3) is 16.5 Å². The number of allylic oxidation sites excluding steroid dienone is 4. The van der Waals surface area contributed by atoms with Crippen LogP contribution in [-0.2, 0) is 4.57 Å². The van der Waals surface area contributed by atoms with Crippen LogP contribution in [0.4, 0.5) is 0 Å². The molecule has 1 aromatic carbocycles. The first-order valence-electron chi connectivity index (χ1n) is 9.57. The second-order valence-electron chi connectivity index (χ2n) is 7.46. The van der Waals surface area contributed by atoms with Gasteiger partial charge < -0.3 is 24.1 Å². The first-order chi connectivity index (χ1) is 15.0. The number of nitrogens with zero attached hydrogens (tertiary/aromatic N) is 1. The van der Waals surface area contributed by atoms with Gasteiger partial charge in [-0.25, -0.2) is 4.57 Å². The minimum Gasteiger partial charge on any atom is -0.507 e. The number of aliphatic hydroxyl groups excluding tert-OH is 1. The monoisotopic (exact) mass is 483 g/mol. The Bertz CT molecular complexity index is 1210. The van der Waals surface area contributed by atoms with E-state index in [4.69, 9.17) is 20.5 Å². The molecule has 1 aliphatic heterocycles. The molecule has 2 unspecified atom stereocenters. The third kappa shape index (κ3) is 4.83. The molecule has 0 amide bonds. The summed E-state index contributed by atoms with van der Waals surface area (Å²) in [5.74, 6) is -1.68. The number of hydrogen-bond acceptors (Lipinski definition) is 7. The minimum atomic E-state index is -5.05. The van der Waals surface area contributed by atoms with E-state index in [2.05, 4.69) is 13.2 Å². The molecule has 2 aromatic rings. The Morgan fingerprint density at radius 1 is 1.34 bits per heavy atom. The molecule has 172 valence electrons. The Morgan fingerprint density at radius 2 is 2.03 bits per heavy atom. The van der Waals surface area contributed by atoms with E-state index < -0.39 is 36.8 Å². The van der Waals surface area contributed by atoms with Crippen LogP contribution in [0.3, 0.4) is 0 Å². The quantitative estimate of drug-likeness (QED) is 0.360. The first kappa shape index (κ1) is 24.3. The number of rotatable bonds is 6. The van der Waals surface area contributed by atoms with Crippen LogP contribution >= 0.6 is 19.4 Å². The molecule has 3 rings (SSSR count). The van der Waals surface area contributed by atoms with E-state index in [1.54, 1.807) is 0 Å². The molecule has 4 N–H and O–H groups in total. The summed E-state index contributed by atoms with van der Waals surface area (Å²) in [5, 5.41) is 21.1. The normalized spacial score (nSPS) is 20.7. The molecule has 2 heterocycles. The zero-order valence-electron chi connectivity index (χ0n) is 17.2. The van der Waals surface area contributed by atoms with Crippen LogP contribution < -0.4 is 9.95 Å². The predicted molar refractivity (Wildman–Crippen MR) is 121 cm³/mol. The largest absolute Gasteiger partial charge is 0.524 e. The predicted octanol–water partition coefficient (Wildman–Crippen LogP) is 3.07. The number of phenols is 1. The van der Waals surface area contributed by atoms with Crippen molar-refractivity contribution in [3.8, 4) is 11.5 Å². The van der Waals surface area contributed by atoms with Crippen molar-refractivity contribution in [2.24, 2.45) is 0 Å². The van der Waals surface area contributed by atoms with Gasteiger partial charge in [0.15, 0.2) is 5.43 Å². The third-order valence-corrected chi connectivity index (χ3v) is 6.05. The van der Waals surface area contributed by atoms with Crippen molar-refractivity contribution >= 4 is 36.0 Å². The number of hydrogen-bond donors (Lipinski definition) is 4. The SMILES string of the molecule is C=C/C(Cl)=C(\C=C)c1cc(=O)c2c(O)cc(OP(=O)(O)O)c(C3CCN(C)CC3O)c2o1. The van der Waals surface area contributed by atoms with Crippen molar-refractivity contribution in [3.05, 3.63) is 64.0 Å². The van der Waals surface area contributed by atoms with E-state index in [-0.39, 0.29) is 39.4 Å². The summed E-state index contributed by atoms with van der Waals surface area (Å²) in [6.45, 7) is 8.06. The average Bonchev–Trinajstić information content (AvgIpc) is 2.68. The summed E-state index contributed by atoms with van der Waals surface area (Å²) in [6, 6.07) is 2.06. The fraction of sp³-hybridized carbons (Fsp3) is 0.286. The van der Waals surface area contributed by atoms with Gasteiger partial charge in [0.1, 0.15) is 28.2 Å². The standard InChI is InChI=1S/C21H23ClNO8P/c1-4-11(13(22)5-2)17-8-14(24)20-15(25)9-18(31-32(27,28)29)19(21(20)30-17)12-6-7-23(3)10-16(12)26/h4-5,8-9,12,16,25-26H,1-2,6-7,10H2,3H3,(H2,27,28,29)/b13-11-. The summed E-state index contributed by atoms with van der Waals surface area (Å²) in [7, 11) is -3.23. The van der Waals surface area contributed by atoms with E-state index in [1.165, 1.54) is 12.2 Å². The van der Waals surface area contributed by atoms with Crippen molar-refractivity contribution in [1.82, 2.24) is 4.90 Å². The number of phenolic OH excluding ortho intramolecular Hbond substituents is 1. The maximum atomic E-state index is 12.9. The molecule has 0 saturated carbocycles. The molecule has 11 heteroatoms. The third-order valence-electron chi connectivity index (χ3n) is 5.26. The average molecular weight is 484 g/mol. The number of β-amino-alcohol motifs (C(OH)–C–C–N with tert-alkyl or cyclic N) is 1. The fourth-order valence-corrected chi connectivity index (χ4v) is 4.43. The van der Waals surface area contributed by atoms with E-state index in [0.717, 1.165) is 12.1 Å². The highest BCUT2D eigenvalue weighted by molar-refractivity contribution is 7.46. The van der Waals surface area contributed by atoms with Gasteiger partial charge in [-0.15, -0.1) is 0 Å². The number of benzene rings is 1. The van der Waals surface area contributed by atoms with Crippen molar-refractivity contribution in [2.45, 2.75) is 18.4 Å².